The van der Waals surface area contributed by atoms with E-state index in [1.807, 2.05) is 29.7 Å². The Bertz CT molecular complexity index is 1210. The van der Waals surface area contributed by atoms with E-state index in [-0.39, 0.29) is 4.90 Å². The van der Waals surface area contributed by atoms with Crippen molar-refractivity contribution in [2.45, 2.75) is 18.4 Å². The van der Waals surface area contributed by atoms with Crippen molar-refractivity contribution in [1.29, 1.82) is 0 Å². The zero-order valence-corrected chi connectivity index (χ0v) is 18.4. The van der Waals surface area contributed by atoms with Gasteiger partial charge >= 0.3 is 0 Å². The molecule has 1 amide bonds. The van der Waals surface area contributed by atoms with Crippen molar-refractivity contribution in [1.82, 2.24) is 8.87 Å². The maximum absolute atomic E-state index is 12.7. The van der Waals surface area contributed by atoms with E-state index in [2.05, 4.69) is 4.99 Å². The van der Waals surface area contributed by atoms with Gasteiger partial charge in [-0.3, -0.25) is 4.79 Å². The monoisotopic (exact) mass is 433 g/mol. The minimum absolute atomic E-state index is 0.131. The van der Waals surface area contributed by atoms with Crippen LogP contribution in [-0.4, -0.2) is 51.0 Å². The normalized spacial score (nSPS) is 12.8. The van der Waals surface area contributed by atoms with Crippen molar-refractivity contribution in [2.24, 2.45) is 4.99 Å². The number of hydrogen-bond donors (Lipinski definition) is 0. The molecule has 0 unspecified atom stereocenters. The number of hydrogen-bond acceptors (Lipinski definition) is 5. The molecule has 0 spiro atoms. The zero-order valence-electron chi connectivity index (χ0n) is 16.7. The maximum Gasteiger partial charge on any atom is 0.279 e. The van der Waals surface area contributed by atoms with Gasteiger partial charge in [-0.05, 0) is 42.8 Å². The third-order valence-corrected chi connectivity index (χ3v) is 7.37. The highest BCUT2D eigenvalue weighted by molar-refractivity contribution is 7.89. The van der Waals surface area contributed by atoms with Gasteiger partial charge in [0.05, 0.1) is 21.7 Å². The van der Waals surface area contributed by atoms with Crippen LogP contribution in [0.15, 0.2) is 52.4 Å². The second kappa shape index (κ2) is 8.58. The van der Waals surface area contributed by atoms with Gasteiger partial charge < -0.3 is 9.30 Å². The van der Waals surface area contributed by atoms with Gasteiger partial charge in [-0.25, -0.2) is 12.7 Å². The minimum Gasteiger partial charge on any atom is -0.383 e. The molecule has 154 valence electrons. The Morgan fingerprint density at radius 2 is 1.86 bits per heavy atom. The molecule has 9 heteroatoms. The molecule has 0 saturated heterocycles. The van der Waals surface area contributed by atoms with Crippen LogP contribution < -0.4 is 4.80 Å². The van der Waals surface area contributed by atoms with Crippen LogP contribution in [0.5, 0.6) is 0 Å². The number of fused-ring (bicyclic) bond motifs is 1. The highest BCUT2D eigenvalue weighted by atomic mass is 32.2. The Morgan fingerprint density at radius 3 is 2.48 bits per heavy atom. The van der Waals surface area contributed by atoms with Gasteiger partial charge in [0.1, 0.15) is 0 Å². The number of carbonyl (C=O) groups is 1. The third-order valence-electron chi connectivity index (χ3n) is 4.50. The molecule has 0 atom stereocenters. The highest BCUT2D eigenvalue weighted by Crippen LogP contribution is 2.21. The summed E-state index contributed by atoms with van der Waals surface area (Å²) < 4.78 is 33.7. The number of carbonyl (C=O) groups excluding carboxylic acids is 1. The summed E-state index contributed by atoms with van der Waals surface area (Å²) in [6.45, 7) is 3.10. The number of nitrogens with zero attached hydrogens (tertiary/aromatic N) is 3. The smallest absolute Gasteiger partial charge is 0.279 e. The molecule has 29 heavy (non-hydrogen) atoms. The summed E-state index contributed by atoms with van der Waals surface area (Å²) in [6, 6.07) is 11.8. The number of rotatable bonds is 6. The lowest BCUT2D eigenvalue weighted by atomic mass is 10.2. The van der Waals surface area contributed by atoms with Gasteiger partial charge in [0.25, 0.3) is 5.91 Å². The third kappa shape index (κ3) is 4.32. The van der Waals surface area contributed by atoms with Gasteiger partial charge in [-0.2, -0.15) is 4.99 Å². The van der Waals surface area contributed by atoms with Gasteiger partial charge in [-0.15, -0.1) is 0 Å². The Kier molecular flexibility index (Phi) is 6.33. The molecule has 0 aliphatic carbocycles. The van der Waals surface area contributed by atoms with Gasteiger partial charge in [0.2, 0.25) is 10.0 Å². The Balaban J connectivity index is 2.03. The van der Waals surface area contributed by atoms with Crippen molar-refractivity contribution in [3.8, 4) is 0 Å². The van der Waals surface area contributed by atoms with Crippen LogP contribution >= 0.6 is 11.3 Å². The average Bonchev–Trinajstić information content (AvgIpc) is 3.04. The first kappa shape index (κ1) is 21.4. The lowest BCUT2D eigenvalue weighted by Gasteiger charge is -2.11. The zero-order chi connectivity index (χ0) is 21.2. The van der Waals surface area contributed by atoms with Crippen LogP contribution in [0.25, 0.3) is 10.2 Å². The SMILES string of the molecule is COCCn1c(=NC(=O)c2ccc(S(=O)(=O)N(C)C)cc2)sc2cccc(C)c21. The molecule has 1 heterocycles. The van der Waals surface area contributed by atoms with E-state index >= 15 is 0 Å². The second-order valence-corrected chi connectivity index (χ2v) is 9.84. The number of benzene rings is 2. The fourth-order valence-corrected chi connectivity index (χ4v) is 4.95. The van der Waals surface area contributed by atoms with E-state index in [1.54, 1.807) is 7.11 Å². The molecule has 1 aromatic heterocycles. The average molecular weight is 434 g/mol. The fraction of sp³-hybridized carbons (Fsp3) is 0.300. The van der Waals surface area contributed by atoms with Crippen molar-refractivity contribution in [3.63, 3.8) is 0 Å². The molecule has 0 saturated carbocycles. The van der Waals surface area contributed by atoms with Gasteiger partial charge in [-0.1, -0.05) is 23.5 Å². The van der Waals surface area contributed by atoms with E-state index in [4.69, 9.17) is 4.74 Å². The van der Waals surface area contributed by atoms with E-state index in [0.717, 1.165) is 20.1 Å². The van der Waals surface area contributed by atoms with Crippen LogP contribution in [0.2, 0.25) is 0 Å². The van der Waals surface area contributed by atoms with Crippen molar-refractivity contribution < 1.29 is 17.9 Å². The molecular weight excluding hydrogens is 410 g/mol. The van der Waals surface area contributed by atoms with Crippen molar-refractivity contribution in [3.05, 3.63) is 58.4 Å². The molecule has 0 aliphatic heterocycles. The molecule has 2 aromatic carbocycles. The summed E-state index contributed by atoms with van der Waals surface area (Å²) in [5.41, 5.74) is 2.46. The number of thiazole rings is 1. The Morgan fingerprint density at radius 1 is 1.17 bits per heavy atom. The highest BCUT2D eigenvalue weighted by Gasteiger charge is 2.17. The van der Waals surface area contributed by atoms with Crippen LogP contribution in [0, 0.1) is 6.92 Å². The van der Waals surface area contributed by atoms with E-state index in [1.165, 1.54) is 49.7 Å². The summed E-state index contributed by atoms with van der Waals surface area (Å²) in [5.74, 6) is -0.422. The molecule has 0 bridgehead atoms. The van der Waals surface area contributed by atoms with E-state index in [9.17, 15) is 13.2 Å². The Labute approximate surface area is 173 Å². The maximum atomic E-state index is 12.7. The topological polar surface area (TPSA) is 81.0 Å². The fourth-order valence-electron chi connectivity index (χ4n) is 2.91. The summed E-state index contributed by atoms with van der Waals surface area (Å²) in [7, 11) is 1.02. The number of aryl methyl sites for hydroxylation is 1. The molecule has 3 rings (SSSR count). The standard InChI is InChI=1S/C20H23N3O4S2/c1-14-6-5-7-17-18(14)23(12-13-27-4)20(28-17)21-19(24)15-8-10-16(11-9-15)29(25,26)22(2)3/h5-11H,12-13H2,1-4H3. The van der Waals surface area contributed by atoms with Crippen LogP contribution in [-0.2, 0) is 21.3 Å². The second-order valence-electron chi connectivity index (χ2n) is 6.68. The summed E-state index contributed by atoms with van der Waals surface area (Å²) in [4.78, 5) is 17.8. The van der Waals surface area contributed by atoms with Crippen molar-refractivity contribution in [2.75, 3.05) is 27.8 Å². The van der Waals surface area contributed by atoms with E-state index in [0.29, 0.717) is 23.5 Å². The predicted molar refractivity (Wildman–Crippen MR) is 114 cm³/mol. The Hall–Kier alpha value is -2.33. The molecule has 0 aliphatic rings. The molecule has 0 fully saturated rings. The van der Waals surface area contributed by atoms with Gasteiger partial charge in [0.15, 0.2) is 4.80 Å². The largest absolute Gasteiger partial charge is 0.383 e. The number of amides is 1. The van der Waals surface area contributed by atoms with Gasteiger partial charge in [0, 0.05) is 33.3 Å². The minimum atomic E-state index is -3.54. The van der Waals surface area contributed by atoms with Crippen molar-refractivity contribution >= 4 is 37.5 Å². The number of sulfonamides is 1. The molecule has 0 radical (unpaired) electrons. The molecule has 7 nitrogen and oxygen atoms in total. The summed E-state index contributed by atoms with van der Waals surface area (Å²) in [6.07, 6.45) is 0. The predicted octanol–water partition coefficient (Wildman–Crippen LogP) is 2.65. The lowest BCUT2D eigenvalue weighted by molar-refractivity contribution is 0.0997. The number of ether oxygens (including phenoxy) is 1. The first-order valence-corrected chi connectivity index (χ1v) is 11.2. The number of para-hydroxylation sites is 1. The molecular formula is C20H23N3O4S2. The summed E-state index contributed by atoms with van der Waals surface area (Å²) in [5, 5.41) is 0. The quantitative estimate of drug-likeness (QED) is 0.599. The first-order valence-electron chi connectivity index (χ1n) is 8.95. The van der Waals surface area contributed by atoms with Crippen LogP contribution in [0.4, 0.5) is 0 Å². The van der Waals surface area contributed by atoms with Crippen LogP contribution in [0.3, 0.4) is 0 Å². The molecule has 3 aromatic rings. The van der Waals surface area contributed by atoms with Crippen LogP contribution in [0.1, 0.15) is 15.9 Å². The van der Waals surface area contributed by atoms with E-state index < -0.39 is 15.9 Å². The summed E-state index contributed by atoms with van der Waals surface area (Å²) >= 11 is 1.44. The first-order chi connectivity index (χ1) is 13.8. The number of methoxy groups -OCH3 is 1. The number of aromatic nitrogens is 1. The lowest BCUT2D eigenvalue weighted by Crippen LogP contribution is -2.22. The molecule has 0 N–H and O–H groups in total.